The summed E-state index contributed by atoms with van der Waals surface area (Å²) >= 11 is 0. The Hall–Kier alpha value is -3.09. The van der Waals surface area contributed by atoms with Crippen LogP contribution < -0.4 is 4.74 Å². The van der Waals surface area contributed by atoms with Crippen molar-refractivity contribution in [3.63, 3.8) is 0 Å². The van der Waals surface area contributed by atoms with E-state index in [1.165, 1.54) is 64.4 Å². The zero-order valence-electron chi connectivity index (χ0n) is 36.6. The van der Waals surface area contributed by atoms with E-state index in [9.17, 15) is 4.79 Å². The summed E-state index contributed by atoms with van der Waals surface area (Å²) in [5.74, 6) is 3.23. The van der Waals surface area contributed by atoms with Gasteiger partial charge in [0.25, 0.3) is 6.47 Å². The molecule has 3 atom stereocenters. The quantitative estimate of drug-likeness (QED) is 0.0402. The molecule has 1 fully saturated rings. The van der Waals surface area contributed by atoms with Crippen LogP contribution in [0.2, 0.25) is 0 Å². The van der Waals surface area contributed by atoms with Crippen LogP contribution in [0.3, 0.4) is 0 Å². The predicted octanol–water partition coefficient (Wildman–Crippen LogP) is 10.4. The van der Waals surface area contributed by atoms with Crippen molar-refractivity contribution in [1.29, 1.82) is 0 Å². The Bertz CT molecular complexity index is 1590. The number of H-pyrrole nitrogens is 1. The molecule has 0 radical (unpaired) electrons. The fourth-order valence-electron chi connectivity index (χ4n) is 6.01. The first-order chi connectivity index (χ1) is 26.4. The van der Waals surface area contributed by atoms with Gasteiger partial charge in [-0.15, -0.1) is 14.8 Å². The second kappa shape index (κ2) is 32.8. The van der Waals surface area contributed by atoms with Crippen molar-refractivity contribution in [2.24, 2.45) is 15.9 Å². The van der Waals surface area contributed by atoms with Gasteiger partial charge < -0.3 is 31.5 Å². The molecular weight excluding hydrogens is 960 g/mol. The summed E-state index contributed by atoms with van der Waals surface area (Å²) in [6.45, 7) is 17.4. The number of nitrogens with one attached hydrogen (secondary N) is 1. The average molecular weight is 1030 g/mol. The number of carbonyl (C=O) groups is 2. The second-order valence-electron chi connectivity index (χ2n) is 13.4. The average Bonchev–Trinajstić information content (AvgIpc) is 3.94. The Balaban J connectivity index is 0. The molecule has 1 aliphatic heterocycles. The monoisotopic (exact) mass is 1030 g/mol. The molecular formula is C45H70N5O5PU. The predicted molar refractivity (Wildman–Crippen MR) is 238 cm³/mol. The van der Waals surface area contributed by atoms with E-state index >= 15 is 0 Å². The molecule has 0 saturated carbocycles. The molecule has 10 nitrogen and oxygen atoms in total. The van der Waals surface area contributed by atoms with Gasteiger partial charge in [-0.2, -0.15) is 30.3 Å². The van der Waals surface area contributed by atoms with Gasteiger partial charge in [-0.3, -0.25) is 9.59 Å². The minimum atomic E-state index is -0.0147. The molecule has 314 valence electrons. The van der Waals surface area contributed by atoms with Crippen molar-refractivity contribution in [3.05, 3.63) is 85.7 Å². The topological polar surface area (TPSA) is 118 Å². The number of carbonyl (C=O) groups excluding carboxylic acids is 2. The number of hydrogen-bond donors (Lipinski definition) is 1. The minimum absolute atomic E-state index is 0. The summed E-state index contributed by atoms with van der Waals surface area (Å²) < 4.78 is 14.0. The number of likely N-dealkylation sites (tertiary alicyclic amines) is 1. The van der Waals surface area contributed by atoms with Gasteiger partial charge >= 0.3 is 31.1 Å². The van der Waals surface area contributed by atoms with Crippen molar-refractivity contribution >= 4 is 38.9 Å². The van der Waals surface area contributed by atoms with Crippen LogP contribution in [0.4, 0.5) is 0 Å². The van der Waals surface area contributed by atoms with Crippen LogP contribution in [0.5, 0.6) is 5.88 Å². The molecule has 0 spiro atoms. The summed E-state index contributed by atoms with van der Waals surface area (Å²) in [6.07, 6.45) is 15.4. The van der Waals surface area contributed by atoms with E-state index in [2.05, 4.69) is 109 Å². The van der Waals surface area contributed by atoms with Crippen molar-refractivity contribution in [1.82, 2.24) is 14.9 Å². The van der Waals surface area contributed by atoms with Crippen molar-refractivity contribution in [2.75, 3.05) is 41.0 Å². The number of rotatable bonds is 15. The van der Waals surface area contributed by atoms with Gasteiger partial charge in [0.2, 0.25) is 5.88 Å². The molecule has 0 bridgehead atoms. The van der Waals surface area contributed by atoms with Crippen molar-refractivity contribution in [3.8, 4) is 17.0 Å². The summed E-state index contributed by atoms with van der Waals surface area (Å²) in [5, 5.41) is -0.0147. The molecule has 2 aromatic heterocycles. The molecule has 4 rings (SSSR count). The Morgan fingerprint density at radius 3 is 2.18 bits per heavy atom. The second-order valence-corrected chi connectivity index (χ2v) is 14.5. The van der Waals surface area contributed by atoms with E-state index in [1.807, 2.05) is 43.6 Å². The van der Waals surface area contributed by atoms with E-state index < -0.39 is 0 Å². The van der Waals surface area contributed by atoms with Gasteiger partial charge in [-0.1, -0.05) is 59.5 Å². The number of aliphatic imine (C=N–C) groups is 2. The van der Waals surface area contributed by atoms with E-state index in [1.54, 1.807) is 7.11 Å². The van der Waals surface area contributed by atoms with Crippen LogP contribution in [0.15, 0.2) is 70.9 Å². The number of allylic oxidation sites excluding steroid dienone is 1. The Kier molecular flexibility index (Phi) is 32.3. The SMILES string of the molecule is CC/C=C(/N=C(C)N=C(C)N1CCCC1)c1ccc[nH]1.CCCCCC(P)(c1cc(-c2cc[c-]cc2)cnc1OC)C(C)CC.COC=O.COCC(C)=O.[CH3-].[U+2]. The van der Waals surface area contributed by atoms with Gasteiger partial charge in [0.15, 0.2) is 5.78 Å². The molecule has 1 saturated heterocycles. The smallest absolute Gasteiger partial charge is 0.481 e. The van der Waals surface area contributed by atoms with Gasteiger partial charge in [0.05, 0.1) is 25.6 Å². The van der Waals surface area contributed by atoms with Crippen molar-refractivity contribution in [2.45, 2.75) is 105 Å². The number of amidine groups is 2. The van der Waals surface area contributed by atoms with E-state index in [-0.39, 0.29) is 56.1 Å². The summed E-state index contributed by atoms with van der Waals surface area (Å²) in [4.78, 5) is 38.3. The number of aromatic amines is 1. The molecule has 3 heterocycles. The van der Waals surface area contributed by atoms with E-state index in [0.717, 1.165) is 66.9 Å². The normalized spacial score (nSPS) is 14.0. The van der Waals surface area contributed by atoms with Crippen LogP contribution in [-0.4, -0.2) is 79.8 Å². The Morgan fingerprint density at radius 2 is 1.70 bits per heavy atom. The number of ketones is 1. The third kappa shape index (κ3) is 20.9. The standard InChI is InChI=1S/C22H31NOP.C16H24N4.C4H8O2.C2H4O2.CH3.U/c1-5-7-11-14-22(25,17(3)6-2)20-15-19(16-23-21(20)24-4)18-12-9-8-10-13-18;1-4-8-16(15-9-7-10-17-15)19-13(2)18-14(3)20-11-5-6-12-20;1-4(5)3-6-2;1-4-2-3;;/h9-10,12-13,15-17H,5-7,11,14,25H2,1-4H3;7-10,17H,4-6,11-12H2,1-3H3;3H2,1-2H3;2H,1H3;1H3;/q-1;;;;-1;+2/b;16-8+,18-14?,19-13?;;;;. The van der Waals surface area contributed by atoms with Crippen LogP contribution >= 0.6 is 9.24 Å². The molecule has 3 unspecified atom stereocenters. The number of benzene rings is 1. The molecule has 1 aliphatic rings. The number of ether oxygens (including phenoxy) is 3. The molecule has 12 heteroatoms. The van der Waals surface area contributed by atoms with Gasteiger partial charge in [0, 0.05) is 43.3 Å². The first-order valence-corrected chi connectivity index (χ1v) is 20.0. The Labute approximate surface area is 371 Å². The maximum absolute atomic E-state index is 9.92. The molecule has 3 aromatic rings. The number of aromatic nitrogens is 2. The van der Waals surface area contributed by atoms with Crippen molar-refractivity contribution < 1.29 is 54.9 Å². The number of Topliss-reactive ketones (excluding diaryl/α,β-unsaturated/α-hetero) is 1. The number of methoxy groups -OCH3 is 3. The van der Waals surface area contributed by atoms with E-state index in [4.69, 9.17) is 9.53 Å². The van der Waals surface area contributed by atoms with Crippen LogP contribution in [-0.2, 0) is 24.2 Å². The summed E-state index contributed by atoms with van der Waals surface area (Å²) in [7, 11) is 7.69. The zero-order valence-corrected chi connectivity index (χ0v) is 41.9. The molecule has 57 heavy (non-hydrogen) atoms. The van der Waals surface area contributed by atoms with Gasteiger partial charge in [-0.25, -0.2) is 15.0 Å². The molecule has 0 aliphatic carbocycles. The Morgan fingerprint density at radius 1 is 1.05 bits per heavy atom. The third-order valence-corrected chi connectivity index (χ3v) is 10.3. The minimum Gasteiger partial charge on any atom is -0.481 e. The number of unbranched alkanes of at least 4 members (excludes halogenated alkanes) is 2. The maximum atomic E-state index is 9.92. The van der Waals surface area contributed by atoms with Crippen LogP contribution in [0.1, 0.15) is 111 Å². The van der Waals surface area contributed by atoms with Gasteiger partial charge in [0.1, 0.15) is 18.3 Å². The summed E-state index contributed by atoms with van der Waals surface area (Å²) in [5.41, 5.74) is 5.51. The van der Waals surface area contributed by atoms with E-state index in [0.29, 0.717) is 12.4 Å². The molecule has 1 aromatic carbocycles. The fourth-order valence-corrected chi connectivity index (χ4v) is 6.66. The number of hydrogen-bond acceptors (Lipinski definition) is 7. The molecule has 0 amide bonds. The van der Waals surface area contributed by atoms with Crippen LogP contribution in [0.25, 0.3) is 16.8 Å². The fraction of sp³-hybridized carbons (Fsp3) is 0.511. The summed E-state index contributed by atoms with van der Waals surface area (Å²) in [6, 6.07) is 17.4. The zero-order chi connectivity index (χ0) is 41.1. The number of pyridine rings is 1. The maximum Gasteiger partial charge on any atom is 2.00 e. The molecule has 1 N–H and O–H groups in total. The van der Waals surface area contributed by atoms with Gasteiger partial charge in [-0.05, 0) is 76.1 Å². The first kappa shape index (κ1) is 56.0. The third-order valence-electron chi connectivity index (χ3n) is 9.17. The van der Waals surface area contributed by atoms with Crippen LogP contribution in [0, 0.1) is 50.5 Å². The first-order valence-electron chi connectivity index (χ1n) is 19.4. The largest absolute Gasteiger partial charge is 2.00 e. The number of nitrogens with zero attached hydrogens (tertiary/aromatic N) is 4.